The second-order valence-electron chi connectivity index (χ2n) is 7.64. The first-order valence-electron chi connectivity index (χ1n) is 10.5. The van der Waals surface area contributed by atoms with Gasteiger partial charge in [0.25, 0.3) is 10.0 Å². The van der Waals surface area contributed by atoms with Crippen LogP contribution < -0.4 is 23.7 Å². The van der Waals surface area contributed by atoms with Crippen molar-refractivity contribution >= 4 is 49.8 Å². The minimum Gasteiger partial charge on any atom is -0.494 e. The van der Waals surface area contributed by atoms with Crippen molar-refractivity contribution in [3.63, 3.8) is 0 Å². The van der Waals surface area contributed by atoms with E-state index < -0.39 is 10.0 Å². The Morgan fingerprint density at radius 3 is 2.22 bits per heavy atom. The van der Waals surface area contributed by atoms with Crippen molar-refractivity contribution in [1.82, 2.24) is 4.98 Å². The summed E-state index contributed by atoms with van der Waals surface area (Å²) in [5, 5.41) is 0.980. The van der Waals surface area contributed by atoms with Crippen LogP contribution in [0.3, 0.4) is 0 Å². The zero-order chi connectivity index (χ0) is 26.0. The summed E-state index contributed by atoms with van der Waals surface area (Å²) in [6, 6.07) is 12.9. The third-order valence-electron chi connectivity index (χ3n) is 5.32. The van der Waals surface area contributed by atoms with E-state index in [1.54, 1.807) is 63.7 Å². The Bertz CT molecular complexity index is 1560. The predicted octanol–water partition coefficient (Wildman–Crippen LogP) is 6.47. The van der Waals surface area contributed by atoms with E-state index in [0.717, 1.165) is 5.39 Å². The molecule has 0 aliphatic heterocycles. The number of fused-ring (bicyclic) bond motifs is 1. The van der Waals surface area contributed by atoms with E-state index in [-0.39, 0.29) is 20.7 Å². The number of hydrogen-bond acceptors (Lipinski definition) is 7. The zero-order valence-corrected chi connectivity index (χ0v) is 22.1. The Balaban J connectivity index is 1.64. The number of rotatable bonds is 8. The number of halogens is 2. The summed E-state index contributed by atoms with van der Waals surface area (Å²) in [6.45, 7) is 1.80. The number of ether oxygens (including phenoxy) is 4. The molecule has 188 valence electrons. The van der Waals surface area contributed by atoms with Gasteiger partial charge in [0.05, 0.1) is 31.9 Å². The molecule has 0 unspecified atom stereocenters. The molecule has 11 heteroatoms. The fourth-order valence-corrected chi connectivity index (χ4v) is 5.58. The van der Waals surface area contributed by atoms with E-state index in [1.807, 2.05) is 0 Å². The first-order chi connectivity index (χ1) is 17.2. The summed E-state index contributed by atoms with van der Waals surface area (Å²) in [4.78, 5) is 4.21. The number of hydrogen-bond donors (Lipinski definition) is 1. The molecular weight excluding hydrogens is 527 g/mol. The molecule has 0 saturated carbocycles. The molecule has 1 heterocycles. The number of aromatic nitrogens is 1. The smallest absolute Gasteiger partial charge is 0.265 e. The van der Waals surface area contributed by atoms with Gasteiger partial charge in [0.1, 0.15) is 16.4 Å². The molecule has 0 bridgehead atoms. The highest BCUT2D eigenvalue weighted by atomic mass is 35.5. The number of methoxy groups -OCH3 is 3. The molecule has 0 atom stereocenters. The second-order valence-corrected chi connectivity index (χ2v) is 10.1. The molecule has 0 radical (unpaired) electrons. The maximum absolute atomic E-state index is 13.1. The Hall–Kier alpha value is -3.40. The van der Waals surface area contributed by atoms with E-state index in [1.165, 1.54) is 19.2 Å². The summed E-state index contributed by atoms with van der Waals surface area (Å²) in [5.74, 6) is 2.18. The Labute approximate surface area is 218 Å². The number of benzene rings is 3. The third-order valence-corrected chi connectivity index (χ3v) is 7.21. The van der Waals surface area contributed by atoms with Crippen molar-refractivity contribution in [2.24, 2.45) is 0 Å². The molecule has 8 nitrogen and oxygen atoms in total. The van der Waals surface area contributed by atoms with E-state index in [0.29, 0.717) is 39.8 Å². The predicted molar refractivity (Wildman–Crippen MR) is 140 cm³/mol. The second kappa shape index (κ2) is 10.3. The van der Waals surface area contributed by atoms with Crippen molar-refractivity contribution in [2.45, 2.75) is 11.8 Å². The van der Waals surface area contributed by atoms with Gasteiger partial charge >= 0.3 is 0 Å². The molecule has 4 rings (SSSR count). The molecule has 0 aliphatic carbocycles. The minimum atomic E-state index is -4.05. The molecule has 4 aromatic rings. The first-order valence-corrected chi connectivity index (χ1v) is 12.8. The summed E-state index contributed by atoms with van der Waals surface area (Å²) in [7, 11) is 0.390. The van der Waals surface area contributed by atoms with Crippen LogP contribution in [0.15, 0.2) is 59.6 Å². The SMILES string of the molecule is COc1cc2nccc(Oc3ccc(NS(=O)(=O)c4cc(Cl)cc(Cl)c4OC)cc3C)c2cc1OC. The van der Waals surface area contributed by atoms with E-state index >= 15 is 0 Å². The van der Waals surface area contributed by atoms with E-state index in [4.69, 9.17) is 42.1 Å². The maximum atomic E-state index is 13.1. The molecule has 36 heavy (non-hydrogen) atoms. The quantitative estimate of drug-likeness (QED) is 0.269. The van der Waals surface area contributed by atoms with Crippen LogP contribution in [0.4, 0.5) is 5.69 Å². The van der Waals surface area contributed by atoms with Crippen molar-refractivity contribution < 1.29 is 27.4 Å². The highest BCUT2D eigenvalue weighted by molar-refractivity contribution is 7.92. The highest BCUT2D eigenvalue weighted by Crippen LogP contribution is 2.39. The van der Waals surface area contributed by atoms with Gasteiger partial charge in [-0.3, -0.25) is 9.71 Å². The Kier molecular flexibility index (Phi) is 7.35. The number of pyridine rings is 1. The molecule has 0 aliphatic rings. The molecule has 0 fully saturated rings. The Morgan fingerprint density at radius 1 is 0.833 bits per heavy atom. The lowest BCUT2D eigenvalue weighted by atomic mass is 10.1. The standard InChI is InChI=1S/C25H22Cl2N2O6S/c1-14-9-16(29-36(30,31)24-11-15(26)10-18(27)25(24)34-4)5-6-20(14)35-21-7-8-28-19-13-23(33-3)22(32-2)12-17(19)21/h5-13,29H,1-4H3. The topological polar surface area (TPSA) is 96.0 Å². The monoisotopic (exact) mass is 548 g/mol. The number of sulfonamides is 1. The fourth-order valence-electron chi connectivity index (χ4n) is 3.63. The first kappa shape index (κ1) is 25.7. The van der Waals surface area contributed by atoms with Crippen LogP contribution in [0.1, 0.15) is 5.56 Å². The van der Waals surface area contributed by atoms with Crippen molar-refractivity contribution in [3.05, 3.63) is 70.3 Å². The van der Waals surface area contributed by atoms with Crippen LogP contribution >= 0.6 is 23.2 Å². The lowest BCUT2D eigenvalue weighted by Gasteiger charge is -2.16. The molecule has 1 N–H and O–H groups in total. The van der Waals surface area contributed by atoms with Gasteiger partial charge in [-0.1, -0.05) is 23.2 Å². The number of nitrogens with one attached hydrogen (secondary N) is 1. The number of anilines is 1. The van der Waals surface area contributed by atoms with Crippen molar-refractivity contribution in [2.75, 3.05) is 26.1 Å². The van der Waals surface area contributed by atoms with Crippen LogP contribution in [0, 0.1) is 6.92 Å². The molecule has 0 spiro atoms. The van der Waals surface area contributed by atoms with Crippen LogP contribution in [0.2, 0.25) is 10.0 Å². The summed E-state index contributed by atoms with van der Waals surface area (Å²) < 4.78 is 50.8. The fraction of sp³-hybridized carbons (Fsp3) is 0.160. The minimum absolute atomic E-state index is 0.00173. The van der Waals surface area contributed by atoms with Gasteiger partial charge in [-0.2, -0.15) is 0 Å². The average Bonchev–Trinajstić information content (AvgIpc) is 2.84. The van der Waals surface area contributed by atoms with Gasteiger partial charge < -0.3 is 18.9 Å². The van der Waals surface area contributed by atoms with E-state index in [9.17, 15) is 8.42 Å². The van der Waals surface area contributed by atoms with Crippen LogP contribution in [-0.2, 0) is 10.0 Å². The normalized spacial score (nSPS) is 11.3. The molecule has 0 amide bonds. The van der Waals surface area contributed by atoms with Crippen molar-refractivity contribution in [3.8, 4) is 28.7 Å². The van der Waals surface area contributed by atoms with Gasteiger partial charge in [0, 0.05) is 28.4 Å². The largest absolute Gasteiger partial charge is 0.494 e. The highest BCUT2D eigenvalue weighted by Gasteiger charge is 2.23. The zero-order valence-electron chi connectivity index (χ0n) is 19.8. The van der Waals surface area contributed by atoms with Gasteiger partial charge in [0.15, 0.2) is 17.2 Å². The van der Waals surface area contributed by atoms with Crippen LogP contribution in [0.25, 0.3) is 10.9 Å². The lowest BCUT2D eigenvalue weighted by Crippen LogP contribution is -2.14. The molecule has 1 aromatic heterocycles. The average molecular weight is 549 g/mol. The maximum Gasteiger partial charge on any atom is 0.265 e. The molecular formula is C25H22Cl2N2O6S. The van der Waals surface area contributed by atoms with Crippen LogP contribution in [-0.4, -0.2) is 34.7 Å². The Morgan fingerprint density at radius 2 is 1.56 bits per heavy atom. The van der Waals surface area contributed by atoms with Crippen molar-refractivity contribution in [1.29, 1.82) is 0 Å². The number of aryl methyl sites for hydroxylation is 1. The molecule has 3 aromatic carbocycles. The van der Waals surface area contributed by atoms with Gasteiger partial charge in [-0.05, 0) is 55.0 Å². The lowest BCUT2D eigenvalue weighted by molar-refractivity contribution is 0.355. The van der Waals surface area contributed by atoms with Crippen LogP contribution in [0.5, 0.6) is 28.7 Å². The van der Waals surface area contributed by atoms with E-state index in [2.05, 4.69) is 9.71 Å². The van der Waals surface area contributed by atoms with Gasteiger partial charge in [0.2, 0.25) is 0 Å². The summed E-state index contributed by atoms with van der Waals surface area (Å²) in [6.07, 6.45) is 1.63. The third kappa shape index (κ3) is 5.09. The summed E-state index contributed by atoms with van der Waals surface area (Å²) in [5.41, 5.74) is 1.68. The van der Waals surface area contributed by atoms with Gasteiger partial charge in [-0.25, -0.2) is 8.42 Å². The van der Waals surface area contributed by atoms with Gasteiger partial charge in [-0.15, -0.1) is 0 Å². The number of nitrogens with zero attached hydrogens (tertiary/aromatic N) is 1. The molecule has 0 saturated heterocycles. The summed E-state index contributed by atoms with van der Waals surface area (Å²) >= 11 is 12.1.